The van der Waals surface area contributed by atoms with Gasteiger partial charge in [-0.25, -0.2) is 4.79 Å². The van der Waals surface area contributed by atoms with Crippen LogP contribution in [0.3, 0.4) is 0 Å². The number of nitrogens with zero attached hydrogens (tertiary/aromatic N) is 3. The minimum Gasteiger partial charge on any atom is -0.508 e. The number of aromatic hydroxyl groups is 1. The molecule has 36 nitrogen and oxygen atoms in total. The highest BCUT2D eigenvalue weighted by Crippen LogP contribution is 2.33. The van der Waals surface area contributed by atoms with Gasteiger partial charge in [0.05, 0.1) is 90.3 Å². The largest absolute Gasteiger partial charge is 0.508 e. The number of rotatable bonds is 37. The second-order valence-electron chi connectivity index (χ2n) is 26.8. The maximum Gasteiger partial charge on any atom is 0.315 e. The number of thioether (sulfide) groups is 1. The zero-order valence-electron chi connectivity index (χ0n) is 60.6. The number of hydrogen-bond acceptors (Lipinski definition) is 21. The molecule has 107 heavy (non-hydrogen) atoms. The first-order chi connectivity index (χ1) is 51.5. The Bertz CT molecular complexity index is 3580. The van der Waals surface area contributed by atoms with Crippen molar-refractivity contribution >= 4 is 93.7 Å². The Hall–Kier alpha value is -9.69. The van der Waals surface area contributed by atoms with Crippen LogP contribution in [-0.2, 0) is 97.4 Å². The van der Waals surface area contributed by atoms with Crippen LogP contribution in [0.25, 0.3) is 10.9 Å². The fraction of sp³-hybridized carbons (Fsp3) is 0.600. The van der Waals surface area contributed by atoms with Crippen LogP contribution in [0.2, 0.25) is 0 Å². The zero-order chi connectivity index (χ0) is 77.0. The fourth-order valence-corrected chi connectivity index (χ4v) is 13.8. The first-order valence-corrected chi connectivity index (χ1v) is 37.4. The predicted octanol–water partition coefficient (Wildman–Crippen LogP) is -1.94. The SMILES string of the molecule is CC(C)C[C@@H]1NC(=O)[C@H](Cc2c[nH]c3ccccc23)NC(=O)[C@H](CCCNC(=N)N)NC(=O)[C@H](Cc2ccc(O)cc2)NC(=O)[C@H](CC(N)=O)NC(=O)[C@@H](NC(=O)CCOCCOCCOCCOCCOCCNC(=O)CCCC[C@@H]2SC[C@@H]3NC(=O)N[C@@H]32)Cc2cn(nn2)CCCC[C@@H](C(N)=O)NC1=O. The highest BCUT2D eigenvalue weighted by Gasteiger charge is 2.43. The minimum atomic E-state index is -1.79. The number of phenols is 1. The number of urea groups is 1. The molecular weight excluding hydrogens is 1410 g/mol. The van der Waals surface area contributed by atoms with E-state index in [2.05, 4.69) is 73.8 Å². The van der Waals surface area contributed by atoms with Gasteiger partial charge in [-0.2, -0.15) is 11.8 Å². The lowest BCUT2D eigenvalue weighted by molar-refractivity contribution is -0.136. The molecule has 0 radical (unpaired) electrons. The molecule has 7 rings (SSSR count). The van der Waals surface area contributed by atoms with Gasteiger partial charge in [0.25, 0.3) is 0 Å². The third-order valence-electron chi connectivity index (χ3n) is 17.8. The second kappa shape index (κ2) is 45.1. The van der Waals surface area contributed by atoms with E-state index in [0.29, 0.717) is 75.2 Å². The number of fused-ring (bicyclic) bond motifs is 4. The summed E-state index contributed by atoms with van der Waals surface area (Å²) < 4.78 is 29.4. The first-order valence-electron chi connectivity index (χ1n) is 36.3. The number of amides is 12. The number of aromatic nitrogens is 4. The number of hydrogen-bond donors (Lipinski definition) is 17. The Morgan fingerprint density at radius 2 is 1.26 bits per heavy atom. The number of nitrogens with two attached hydrogens (primary N) is 3. The summed E-state index contributed by atoms with van der Waals surface area (Å²) >= 11 is 1.86. The standard InChI is InChI=1S/C70H105N19O17S/c1-42(2)34-51-64(96)79-49(62(72)94)12-7-8-23-89-40-45(87-88-89)37-54(78-60(93)20-24-102-26-28-104-30-32-106-33-31-105-29-27-103-25-22-75-59(92)15-6-5-14-57-61-56(41-107-57)85-70(101)86-61)67(99)84-55(38-58(71)91)68(100)82-52(35-43-16-18-46(90)19-17-43)65(97)80-50(13-9-21-76-69(73)74)63(95)83-53(66(98)81-51)36-44-39-77-48-11-4-3-10-47(44)48/h3-4,10-11,16-19,39-40,42,49-57,61,77,90H,5-9,12-15,20-38,41H2,1-2H3,(H2,71,91)(H2,72,94)(H,75,92)(H,78,93)(H,79,96)(H,80,97)(H,81,98)(H,82,100)(H,83,95)(H,84,99)(H4,73,74,76)(H2,85,86,101)/t49-,50-,51-,52-,53-,54-,55-,56-,57-,61-/m0/s1. The summed E-state index contributed by atoms with van der Waals surface area (Å²) in [5, 5.41) is 57.7. The molecule has 3 aliphatic rings. The van der Waals surface area contributed by atoms with Gasteiger partial charge < -0.3 is 109 Å². The Morgan fingerprint density at radius 1 is 0.645 bits per heavy atom. The lowest BCUT2D eigenvalue weighted by Crippen LogP contribution is -2.61. The van der Waals surface area contributed by atoms with Gasteiger partial charge in [0.1, 0.15) is 48.0 Å². The van der Waals surface area contributed by atoms with Crippen molar-refractivity contribution in [1.29, 1.82) is 5.41 Å². The molecular formula is C70H105N19O17S. The summed E-state index contributed by atoms with van der Waals surface area (Å²) in [6, 6.07) is 2.88. The Kier molecular flexibility index (Phi) is 35.6. The molecule has 5 heterocycles. The van der Waals surface area contributed by atoms with Crippen molar-refractivity contribution in [1.82, 2.24) is 78.5 Å². The van der Waals surface area contributed by atoms with Crippen molar-refractivity contribution in [3.05, 3.63) is 77.7 Å². The van der Waals surface area contributed by atoms with Crippen LogP contribution in [0.4, 0.5) is 4.79 Å². The average Bonchev–Trinajstić information content (AvgIpc) is 1.71. The summed E-state index contributed by atoms with van der Waals surface area (Å²) in [5.74, 6) is -7.79. The Labute approximate surface area is 624 Å². The first kappa shape index (κ1) is 84.6. The lowest BCUT2D eigenvalue weighted by Gasteiger charge is -2.28. The number of phenolic OH excluding ortho intramolecular Hbond substituents is 1. The number of unbranched alkanes of at least 4 members (excludes halogenated alkanes) is 1. The molecule has 0 saturated carbocycles. The number of primary amides is 2. The summed E-state index contributed by atoms with van der Waals surface area (Å²) in [6.45, 7) is 6.65. The Morgan fingerprint density at radius 3 is 1.93 bits per heavy atom. The molecule has 37 heteroatoms. The lowest BCUT2D eigenvalue weighted by atomic mass is 9.99. The van der Waals surface area contributed by atoms with Crippen LogP contribution in [0.15, 0.2) is 60.9 Å². The third kappa shape index (κ3) is 30.2. The normalized spacial score (nSPS) is 22.2. The molecule has 0 aliphatic carbocycles. The van der Waals surface area contributed by atoms with Crippen molar-refractivity contribution in [2.75, 3.05) is 84.9 Å². The van der Waals surface area contributed by atoms with E-state index < -0.39 is 102 Å². The number of guanidine groups is 1. The molecule has 10 atom stereocenters. The van der Waals surface area contributed by atoms with Gasteiger partial charge >= 0.3 is 6.03 Å². The number of aromatic amines is 1. The number of para-hydroxylation sites is 1. The molecule has 3 aliphatic heterocycles. The van der Waals surface area contributed by atoms with Crippen molar-refractivity contribution < 1.29 is 81.5 Å². The van der Waals surface area contributed by atoms with E-state index in [4.69, 9.17) is 46.3 Å². The average molecular weight is 1520 g/mol. The van der Waals surface area contributed by atoms with Crippen molar-refractivity contribution in [3.8, 4) is 5.75 Å². The number of carbonyl (C=O) groups excluding carboxylic acids is 11. The predicted molar refractivity (Wildman–Crippen MR) is 392 cm³/mol. The summed E-state index contributed by atoms with van der Waals surface area (Å²) in [6.07, 6.45) is 5.25. The summed E-state index contributed by atoms with van der Waals surface area (Å²) in [5.41, 5.74) is 19.0. The van der Waals surface area contributed by atoms with Gasteiger partial charge in [0, 0.05) is 86.0 Å². The maximum absolute atomic E-state index is 14.9. The van der Waals surface area contributed by atoms with Gasteiger partial charge in [-0.1, -0.05) is 55.8 Å². The van der Waals surface area contributed by atoms with Crippen LogP contribution >= 0.6 is 11.8 Å². The van der Waals surface area contributed by atoms with E-state index >= 15 is 0 Å². The smallest absolute Gasteiger partial charge is 0.315 e. The molecule has 2 saturated heterocycles. The van der Waals surface area contributed by atoms with E-state index in [-0.39, 0.29) is 145 Å². The maximum atomic E-state index is 14.9. The zero-order valence-corrected chi connectivity index (χ0v) is 61.4. The number of H-pyrrole nitrogens is 1. The van der Waals surface area contributed by atoms with Crippen molar-refractivity contribution in [2.24, 2.45) is 23.1 Å². The molecule has 2 aromatic heterocycles. The van der Waals surface area contributed by atoms with Crippen molar-refractivity contribution in [2.45, 2.75) is 176 Å². The molecule has 0 unspecified atom stereocenters. The number of ether oxygens (including phenoxy) is 5. The quantitative estimate of drug-likeness (QED) is 0.0101. The number of aryl methyl sites for hydroxylation is 1. The molecule has 588 valence electrons. The van der Waals surface area contributed by atoms with E-state index in [1.165, 1.54) is 35.1 Å². The summed E-state index contributed by atoms with van der Waals surface area (Å²) in [4.78, 5) is 155. The van der Waals surface area contributed by atoms with Crippen molar-refractivity contribution in [3.63, 3.8) is 0 Å². The van der Waals surface area contributed by atoms with E-state index in [1.54, 1.807) is 12.3 Å². The number of carbonyl (C=O) groups is 11. The van der Waals surface area contributed by atoms with E-state index in [1.807, 2.05) is 43.8 Å². The molecule has 2 aromatic carbocycles. The topological polar surface area (TPSA) is 535 Å². The molecule has 0 spiro atoms. The van der Waals surface area contributed by atoms with E-state index in [9.17, 15) is 57.8 Å². The second-order valence-corrected chi connectivity index (χ2v) is 28.1. The monoisotopic (exact) mass is 1520 g/mol. The number of benzene rings is 2. The third-order valence-corrected chi connectivity index (χ3v) is 19.3. The van der Waals surface area contributed by atoms with Crippen LogP contribution in [0.5, 0.6) is 5.75 Å². The number of nitrogens with one attached hydrogen (secondary N) is 13. The molecule has 4 aromatic rings. The Balaban J connectivity index is 0.959. The highest BCUT2D eigenvalue weighted by molar-refractivity contribution is 8.00. The van der Waals surface area contributed by atoms with Crippen LogP contribution in [0.1, 0.15) is 108 Å². The van der Waals surface area contributed by atoms with Crippen LogP contribution < -0.4 is 75.7 Å². The van der Waals surface area contributed by atoms with Gasteiger partial charge in [0.15, 0.2) is 5.96 Å². The van der Waals surface area contributed by atoms with Gasteiger partial charge in [0.2, 0.25) is 59.1 Å². The fourth-order valence-electron chi connectivity index (χ4n) is 12.3. The van der Waals surface area contributed by atoms with Gasteiger partial charge in [-0.15, -0.1) is 5.10 Å². The van der Waals surface area contributed by atoms with Gasteiger partial charge in [-0.3, -0.25) is 58.0 Å². The highest BCUT2D eigenvalue weighted by atomic mass is 32.2. The molecule has 20 N–H and O–H groups in total. The molecule has 2 bridgehead atoms. The summed E-state index contributed by atoms with van der Waals surface area (Å²) in [7, 11) is 0. The molecule has 12 amide bonds. The molecule has 2 fully saturated rings. The minimum absolute atomic E-state index is 0.0260. The van der Waals surface area contributed by atoms with Crippen LogP contribution in [0, 0.1) is 11.3 Å². The van der Waals surface area contributed by atoms with Crippen LogP contribution in [-0.4, -0.2) is 241 Å². The van der Waals surface area contributed by atoms with Gasteiger partial charge in [-0.05, 0) is 86.6 Å². The van der Waals surface area contributed by atoms with E-state index in [0.717, 1.165) is 35.9 Å².